The van der Waals surface area contributed by atoms with Gasteiger partial charge in [-0.3, -0.25) is 9.36 Å². The highest BCUT2D eigenvalue weighted by molar-refractivity contribution is 6.02. The number of carboxylic acid groups (broad SMARTS) is 1. The molecule has 0 fully saturated rings. The third kappa shape index (κ3) is 5.59. The van der Waals surface area contributed by atoms with E-state index in [1.165, 1.54) is 9.47 Å². The Kier molecular flexibility index (Phi) is 7.78. The highest BCUT2D eigenvalue weighted by atomic mass is 16.5. The molecule has 1 aromatic heterocycles. The smallest absolute Gasteiger partial charge is 0.356 e. The number of hydrogen-bond acceptors (Lipinski definition) is 5. The van der Waals surface area contributed by atoms with Crippen LogP contribution in [0.5, 0.6) is 17.2 Å². The number of nitrogens with zero attached hydrogens (tertiary/aromatic N) is 2. The highest BCUT2D eigenvalue weighted by Crippen LogP contribution is 2.42. The summed E-state index contributed by atoms with van der Waals surface area (Å²) in [6, 6.07) is 25.5. The van der Waals surface area contributed by atoms with Gasteiger partial charge in [0.05, 0.1) is 7.11 Å². The summed E-state index contributed by atoms with van der Waals surface area (Å²) >= 11 is 0. The molecule has 190 valence electrons. The average molecular weight is 501 g/mol. The van der Waals surface area contributed by atoms with Gasteiger partial charge in [0, 0.05) is 19.8 Å². The lowest BCUT2D eigenvalue weighted by Crippen LogP contribution is -2.25. The molecule has 0 aliphatic heterocycles. The number of amides is 1. The van der Waals surface area contributed by atoms with Crippen LogP contribution in [-0.4, -0.2) is 47.7 Å². The number of methoxy groups -OCH3 is 1. The molecule has 0 aliphatic carbocycles. The van der Waals surface area contributed by atoms with Crippen molar-refractivity contribution >= 4 is 11.9 Å². The monoisotopic (exact) mass is 500 g/mol. The van der Waals surface area contributed by atoms with Gasteiger partial charge in [0.2, 0.25) is 0 Å². The van der Waals surface area contributed by atoms with Crippen LogP contribution in [0.2, 0.25) is 0 Å². The molecule has 0 spiro atoms. The van der Waals surface area contributed by atoms with Gasteiger partial charge in [0.25, 0.3) is 5.91 Å². The molecule has 8 heteroatoms. The van der Waals surface area contributed by atoms with Crippen LogP contribution >= 0.6 is 0 Å². The largest absolute Gasteiger partial charge is 0.497 e. The van der Waals surface area contributed by atoms with Crippen molar-refractivity contribution in [3.05, 3.63) is 107 Å². The topological polar surface area (TPSA) is 90.2 Å². The van der Waals surface area contributed by atoms with E-state index in [0.29, 0.717) is 11.4 Å². The first-order valence-electron chi connectivity index (χ1n) is 11.6. The van der Waals surface area contributed by atoms with E-state index in [1.54, 1.807) is 45.5 Å². The van der Waals surface area contributed by atoms with Crippen LogP contribution in [0.4, 0.5) is 0 Å². The van der Waals surface area contributed by atoms with Crippen LogP contribution < -0.4 is 14.2 Å². The lowest BCUT2D eigenvalue weighted by molar-refractivity contribution is 0.0682. The highest BCUT2D eigenvalue weighted by Gasteiger charge is 2.35. The molecule has 4 aromatic rings. The summed E-state index contributed by atoms with van der Waals surface area (Å²) in [4.78, 5) is 27.6. The lowest BCUT2D eigenvalue weighted by atomic mass is 10.2. The molecule has 1 amide bonds. The van der Waals surface area contributed by atoms with Gasteiger partial charge in [0.15, 0.2) is 22.9 Å². The van der Waals surface area contributed by atoms with Gasteiger partial charge >= 0.3 is 5.97 Å². The van der Waals surface area contributed by atoms with E-state index in [-0.39, 0.29) is 36.1 Å². The van der Waals surface area contributed by atoms with E-state index >= 15 is 0 Å². The minimum absolute atomic E-state index is 0.0201. The predicted octanol–water partition coefficient (Wildman–Crippen LogP) is 5.04. The maximum Gasteiger partial charge on any atom is 0.356 e. The number of carbonyl (C=O) groups excluding carboxylic acids is 1. The first-order chi connectivity index (χ1) is 17.9. The Bertz CT molecular complexity index is 1360. The molecule has 0 saturated carbocycles. The molecule has 4 rings (SSSR count). The Labute approximate surface area is 215 Å². The number of aromatic nitrogens is 1. The summed E-state index contributed by atoms with van der Waals surface area (Å²) in [5.41, 5.74) is 1.97. The Morgan fingerprint density at radius 3 is 1.68 bits per heavy atom. The number of hydrogen-bond donors (Lipinski definition) is 1. The van der Waals surface area contributed by atoms with Crippen molar-refractivity contribution in [3.8, 4) is 22.9 Å². The van der Waals surface area contributed by atoms with E-state index in [0.717, 1.165) is 11.1 Å². The quantitative estimate of drug-likeness (QED) is 0.328. The van der Waals surface area contributed by atoms with Gasteiger partial charge in [-0.25, -0.2) is 4.79 Å². The van der Waals surface area contributed by atoms with E-state index in [1.807, 2.05) is 60.7 Å². The normalized spacial score (nSPS) is 10.6. The van der Waals surface area contributed by atoms with Crippen LogP contribution in [0, 0.1) is 0 Å². The van der Waals surface area contributed by atoms with Crippen LogP contribution in [0.25, 0.3) is 5.69 Å². The van der Waals surface area contributed by atoms with E-state index < -0.39 is 11.9 Å². The van der Waals surface area contributed by atoms with E-state index in [2.05, 4.69) is 0 Å². The Morgan fingerprint density at radius 2 is 1.24 bits per heavy atom. The average Bonchev–Trinajstić information content (AvgIpc) is 3.25. The SMILES string of the molecule is COc1ccc(-n2c(C(=O)O)c(OCc3ccccc3)c(OCc3ccccc3)c2C(=O)N(C)C)cc1. The van der Waals surface area contributed by atoms with Crippen molar-refractivity contribution in [2.75, 3.05) is 21.2 Å². The molecule has 0 saturated heterocycles. The van der Waals surface area contributed by atoms with Gasteiger partial charge in [-0.2, -0.15) is 0 Å². The van der Waals surface area contributed by atoms with Gasteiger partial charge in [-0.15, -0.1) is 0 Å². The molecule has 8 nitrogen and oxygen atoms in total. The van der Waals surface area contributed by atoms with E-state index in [9.17, 15) is 14.7 Å². The van der Waals surface area contributed by atoms with Crippen molar-refractivity contribution in [2.24, 2.45) is 0 Å². The van der Waals surface area contributed by atoms with Crippen molar-refractivity contribution in [1.82, 2.24) is 9.47 Å². The van der Waals surface area contributed by atoms with Crippen LogP contribution in [0.1, 0.15) is 32.1 Å². The fraction of sp³-hybridized carbons (Fsp3) is 0.172. The van der Waals surface area contributed by atoms with Crippen LogP contribution in [-0.2, 0) is 13.2 Å². The summed E-state index contributed by atoms with van der Waals surface area (Å²) in [6.45, 7) is 0.201. The molecule has 0 radical (unpaired) electrons. The summed E-state index contributed by atoms with van der Waals surface area (Å²) in [5, 5.41) is 10.3. The summed E-state index contributed by atoms with van der Waals surface area (Å²) in [5.74, 6) is -1.06. The molecular weight excluding hydrogens is 472 g/mol. The van der Waals surface area contributed by atoms with E-state index in [4.69, 9.17) is 14.2 Å². The maximum absolute atomic E-state index is 13.5. The third-order valence-corrected chi connectivity index (χ3v) is 5.68. The summed E-state index contributed by atoms with van der Waals surface area (Å²) in [6.07, 6.45) is 0. The number of rotatable bonds is 10. The molecule has 1 N–H and O–H groups in total. The van der Waals surface area contributed by atoms with Crippen molar-refractivity contribution in [3.63, 3.8) is 0 Å². The Morgan fingerprint density at radius 1 is 0.757 bits per heavy atom. The van der Waals surface area contributed by atoms with Gasteiger partial charge in [-0.05, 0) is 35.4 Å². The molecule has 3 aromatic carbocycles. The minimum atomic E-state index is -1.26. The second kappa shape index (κ2) is 11.3. The number of carboxylic acids is 1. The van der Waals surface area contributed by atoms with Gasteiger partial charge in [0.1, 0.15) is 19.0 Å². The zero-order valence-electron chi connectivity index (χ0n) is 20.9. The summed E-state index contributed by atoms with van der Waals surface area (Å²) in [7, 11) is 4.73. The van der Waals surface area contributed by atoms with Gasteiger partial charge < -0.3 is 24.2 Å². The van der Waals surface area contributed by atoms with Crippen molar-refractivity contribution in [2.45, 2.75) is 13.2 Å². The third-order valence-electron chi connectivity index (χ3n) is 5.68. The molecular formula is C29H28N2O6. The molecule has 37 heavy (non-hydrogen) atoms. The minimum Gasteiger partial charge on any atom is -0.497 e. The second-order valence-electron chi connectivity index (χ2n) is 8.44. The first kappa shape index (κ1) is 25.4. The first-order valence-corrected chi connectivity index (χ1v) is 11.6. The number of carbonyl (C=O) groups is 2. The second-order valence-corrected chi connectivity index (χ2v) is 8.44. The Balaban J connectivity index is 1.92. The molecule has 0 atom stereocenters. The number of ether oxygens (including phenoxy) is 3. The predicted molar refractivity (Wildman–Crippen MR) is 139 cm³/mol. The maximum atomic E-state index is 13.5. The molecule has 0 aliphatic rings. The lowest BCUT2D eigenvalue weighted by Gasteiger charge is -2.16. The fourth-order valence-electron chi connectivity index (χ4n) is 3.84. The molecule has 0 bridgehead atoms. The fourth-order valence-corrected chi connectivity index (χ4v) is 3.84. The van der Waals surface area contributed by atoms with Crippen molar-refractivity contribution < 1.29 is 28.9 Å². The van der Waals surface area contributed by atoms with Crippen LogP contribution in [0.15, 0.2) is 84.9 Å². The zero-order chi connectivity index (χ0) is 26.4. The van der Waals surface area contributed by atoms with Crippen LogP contribution in [0.3, 0.4) is 0 Å². The summed E-state index contributed by atoms with van der Waals surface area (Å²) < 4.78 is 18.9. The van der Waals surface area contributed by atoms with Crippen molar-refractivity contribution in [1.29, 1.82) is 0 Å². The number of aromatic carboxylic acids is 1. The zero-order valence-corrected chi connectivity index (χ0v) is 20.9. The standard InChI is InChI=1S/C29H28N2O6/c1-30(2)28(32)24-26(36-18-20-10-6-4-7-11-20)27(37-19-21-12-8-5-9-13-21)25(29(33)34)31(24)22-14-16-23(35-3)17-15-22/h4-17H,18-19H2,1-3H3,(H,33,34). The van der Waals surface area contributed by atoms with Gasteiger partial charge in [-0.1, -0.05) is 60.7 Å². The number of benzene rings is 3. The molecule has 0 unspecified atom stereocenters. The molecule has 1 heterocycles. The Hall–Kier alpha value is -4.72.